The minimum Gasteiger partial charge on any atom is -0.198 e. The predicted molar refractivity (Wildman–Crippen MR) is 129 cm³/mol. The topological polar surface area (TPSA) is 23.8 Å². The molecule has 3 aliphatic rings. The lowest BCUT2D eigenvalue weighted by atomic mass is 9.61. The van der Waals surface area contributed by atoms with Gasteiger partial charge < -0.3 is 0 Å². The third-order valence-electron chi connectivity index (χ3n) is 9.62. The van der Waals surface area contributed by atoms with Gasteiger partial charge in [-0.05, 0) is 87.4 Å². The molecule has 172 valence electrons. The number of nitrogens with zero attached hydrogens (tertiary/aromatic N) is 1. The Hall–Kier alpha value is -0.510. The summed E-state index contributed by atoms with van der Waals surface area (Å²) in [7, 11) is 0. The molecule has 2 unspecified atom stereocenters. The molecule has 2 atom stereocenters. The SMILES string of the molecule is CCCCCCCC1(C#N)CCCC(C2CCC(C3CCC(CCC)CC3)CC2)C1. The summed E-state index contributed by atoms with van der Waals surface area (Å²) in [6, 6.07) is 2.85. The largest absolute Gasteiger partial charge is 0.198 e. The Morgan fingerprint density at radius 2 is 1.30 bits per heavy atom. The van der Waals surface area contributed by atoms with E-state index in [-0.39, 0.29) is 5.41 Å². The van der Waals surface area contributed by atoms with Crippen molar-refractivity contribution < 1.29 is 0 Å². The molecule has 1 heteroatoms. The van der Waals surface area contributed by atoms with E-state index in [1.165, 1.54) is 128 Å². The number of hydrogen-bond donors (Lipinski definition) is 0. The van der Waals surface area contributed by atoms with Gasteiger partial charge in [0, 0.05) is 0 Å². The summed E-state index contributed by atoms with van der Waals surface area (Å²) in [6.45, 7) is 4.64. The van der Waals surface area contributed by atoms with Crippen LogP contribution in [0.15, 0.2) is 0 Å². The van der Waals surface area contributed by atoms with E-state index >= 15 is 0 Å². The van der Waals surface area contributed by atoms with E-state index in [2.05, 4.69) is 19.9 Å². The fraction of sp³-hybridized carbons (Fsp3) is 0.966. The monoisotopic (exact) mass is 413 g/mol. The minimum atomic E-state index is 0.0314. The smallest absolute Gasteiger partial charge is 0.0689 e. The van der Waals surface area contributed by atoms with Crippen molar-refractivity contribution in [1.82, 2.24) is 0 Å². The fourth-order valence-corrected chi connectivity index (χ4v) is 7.71. The molecule has 0 bridgehead atoms. The first kappa shape index (κ1) is 24.1. The zero-order valence-electron chi connectivity index (χ0n) is 20.5. The maximum absolute atomic E-state index is 10.1. The van der Waals surface area contributed by atoms with Crippen molar-refractivity contribution in [2.75, 3.05) is 0 Å². The maximum Gasteiger partial charge on any atom is 0.0689 e. The van der Waals surface area contributed by atoms with Gasteiger partial charge in [0.05, 0.1) is 11.5 Å². The molecule has 3 aliphatic carbocycles. The van der Waals surface area contributed by atoms with Gasteiger partial charge in [-0.2, -0.15) is 5.26 Å². The second-order valence-electron chi connectivity index (χ2n) is 11.7. The molecule has 0 aromatic heterocycles. The Labute approximate surface area is 188 Å². The van der Waals surface area contributed by atoms with Crippen LogP contribution >= 0.6 is 0 Å². The number of nitriles is 1. The Morgan fingerprint density at radius 3 is 1.90 bits per heavy atom. The summed E-state index contributed by atoms with van der Waals surface area (Å²) < 4.78 is 0. The minimum absolute atomic E-state index is 0.0314. The first-order valence-electron chi connectivity index (χ1n) is 14.1. The van der Waals surface area contributed by atoms with Gasteiger partial charge in [0.25, 0.3) is 0 Å². The highest BCUT2D eigenvalue weighted by Gasteiger charge is 2.40. The summed E-state index contributed by atoms with van der Waals surface area (Å²) in [5.41, 5.74) is 0.0314. The van der Waals surface area contributed by atoms with Crippen LogP contribution in [0.4, 0.5) is 0 Å². The molecule has 0 aromatic rings. The lowest BCUT2D eigenvalue weighted by Gasteiger charge is -2.43. The Bertz CT molecular complexity index is 503. The molecule has 3 rings (SSSR count). The quantitative estimate of drug-likeness (QED) is 0.327. The van der Waals surface area contributed by atoms with Crippen LogP contribution in [0, 0.1) is 46.3 Å². The molecule has 0 aromatic carbocycles. The van der Waals surface area contributed by atoms with Gasteiger partial charge >= 0.3 is 0 Å². The first-order valence-corrected chi connectivity index (χ1v) is 14.1. The van der Waals surface area contributed by atoms with Crippen LogP contribution in [0.5, 0.6) is 0 Å². The van der Waals surface area contributed by atoms with Crippen LogP contribution < -0.4 is 0 Å². The molecule has 0 spiro atoms. The second-order valence-corrected chi connectivity index (χ2v) is 11.7. The average molecular weight is 414 g/mol. The van der Waals surface area contributed by atoms with E-state index in [0.717, 1.165) is 29.6 Å². The number of unbranched alkanes of at least 4 members (excludes halogenated alkanes) is 4. The van der Waals surface area contributed by atoms with E-state index in [9.17, 15) is 5.26 Å². The second kappa shape index (κ2) is 12.5. The van der Waals surface area contributed by atoms with E-state index in [0.29, 0.717) is 0 Å². The van der Waals surface area contributed by atoms with Crippen LogP contribution in [-0.2, 0) is 0 Å². The molecule has 0 heterocycles. The van der Waals surface area contributed by atoms with Crippen molar-refractivity contribution in [3.8, 4) is 6.07 Å². The van der Waals surface area contributed by atoms with Gasteiger partial charge in [0.1, 0.15) is 0 Å². The van der Waals surface area contributed by atoms with Gasteiger partial charge in [0.2, 0.25) is 0 Å². The molecule has 30 heavy (non-hydrogen) atoms. The highest BCUT2D eigenvalue weighted by atomic mass is 14.5. The molecule has 0 N–H and O–H groups in total. The van der Waals surface area contributed by atoms with Crippen molar-refractivity contribution in [2.45, 2.75) is 142 Å². The number of hydrogen-bond acceptors (Lipinski definition) is 1. The molecule has 0 radical (unpaired) electrons. The maximum atomic E-state index is 10.1. The van der Waals surface area contributed by atoms with Gasteiger partial charge in [-0.1, -0.05) is 84.5 Å². The van der Waals surface area contributed by atoms with Gasteiger partial charge in [-0.3, -0.25) is 0 Å². The van der Waals surface area contributed by atoms with Gasteiger partial charge in [0.15, 0.2) is 0 Å². The van der Waals surface area contributed by atoms with E-state index < -0.39 is 0 Å². The first-order chi connectivity index (χ1) is 14.7. The lowest BCUT2D eigenvalue weighted by Crippen LogP contribution is -2.34. The van der Waals surface area contributed by atoms with Crippen LogP contribution in [0.2, 0.25) is 0 Å². The zero-order chi connectivity index (χ0) is 21.2. The van der Waals surface area contributed by atoms with Crippen LogP contribution in [0.25, 0.3) is 0 Å². The third kappa shape index (κ3) is 6.74. The van der Waals surface area contributed by atoms with Crippen LogP contribution in [0.1, 0.15) is 142 Å². The molecule has 3 fully saturated rings. The summed E-state index contributed by atoms with van der Waals surface area (Å²) in [5, 5.41) is 10.1. The Balaban J connectivity index is 1.42. The normalized spacial score (nSPS) is 37.6. The van der Waals surface area contributed by atoms with Crippen molar-refractivity contribution in [3.63, 3.8) is 0 Å². The standard InChI is InChI=1S/C29H51N/c1-3-5-6-7-8-20-29(23-30)21-9-11-28(22-29)27-18-16-26(17-19-27)25-14-12-24(10-4-2)13-15-25/h24-28H,3-22H2,1-2H3. The van der Waals surface area contributed by atoms with Crippen LogP contribution in [-0.4, -0.2) is 0 Å². The summed E-state index contributed by atoms with van der Waals surface area (Å²) in [6.07, 6.45) is 27.9. The van der Waals surface area contributed by atoms with E-state index in [1.807, 2.05) is 0 Å². The van der Waals surface area contributed by atoms with Crippen molar-refractivity contribution >= 4 is 0 Å². The van der Waals surface area contributed by atoms with Crippen molar-refractivity contribution in [1.29, 1.82) is 5.26 Å². The Kier molecular flexibility index (Phi) is 10.1. The molecule has 1 nitrogen and oxygen atoms in total. The number of rotatable bonds is 10. The average Bonchev–Trinajstić information content (AvgIpc) is 2.80. The molecule has 0 aliphatic heterocycles. The van der Waals surface area contributed by atoms with Gasteiger partial charge in [-0.25, -0.2) is 0 Å². The predicted octanol–water partition coefficient (Wildman–Crippen LogP) is 9.46. The fourth-order valence-electron chi connectivity index (χ4n) is 7.71. The van der Waals surface area contributed by atoms with Gasteiger partial charge in [-0.15, -0.1) is 0 Å². The molecule has 3 saturated carbocycles. The Morgan fingerprint density at radius 1 is 0.700 bits per heavy atom. The summed E-state index contributed by atoms with van der Waals surface area (Å²) >= 11 is 0. The lowest BCUT2D eigenvalue weighted by molar-refractivity contribution is 0.0814. The molecule has 0 saturated heterocycles. The van der Waals surface area contributed by atoms with E-state index in [1.54, 1.807) is 0 Å². The third-order valence-corrected chi connectivity index (χ3v) is 9.62. The van der Waals surface area contributed by atoms with E-state index in [4.69, 9.17) is 0 Å². The molecule has 0 amide bonds. The van der Waals surface area contributed by atoms with Crippen molar-refractivity contribution in [3.05, 3.63) is 0 Å². The molecular weight excluding hydrogens is 362 g/mol. The summed E-state index contributed by atoms with van der Waals surface area (Å²) in [4.78, 5) is 0. The van der Waals surface area contributed by atoms with Crippen molar-refractivity contribution in [2.24, 2.45) is 35.0 Å². The highest BCUT2D eigenvalue weighted by Crippen LogP contribution is 2.50. The molecular formula is C29H51N. The zero-order valence-corrected chi connectivity index (χ0v) is 20.5. The summed E-state index contributed by atoms with van der Waals surface area (Å²) in [5.74, 6) is 4.92. The van der Waals surface area contributed by atoms with Crippen LogP contribution in [0.3, 0.4) is 0 Å². The highest BCUT2D eigenvalue weighted by molar-refractivity contribution is 5.03.